The van der Waals surface area contributed by atoms with E-state index in [1.807, 2.05) is 13.8 Å². The van der Waals surface area contributed by atoms with Gasteiger partial charge in [-0.25, -0.2) is 9.78 Å². The van der Waals surface area contributed by atoms with Gasteiger partial charge in [0, 0.05) is 49.9 Å². The highest BCUT2D eigenvalue weighted by Crippen LogP contribution is 2.28. The molecule has 0 aliphatic carbocycles. The van der Waals surface area contributed by atoms with Crippen LogP contribution in [0.2, 0.25) is 0 Å². The summed E-state index contributed by atoms with van der Waals surface area (Å²) in [4.78, 5) is 52.2. The van der Waals surface area contributed by atoms with Crippen LogP contribution in [0.1, 0.15) is 62.0 Å². The van der Waals surface area contributed by atoms with Gasteiger partial charge in [0.2, 0.25) is 0 Å². The van der Waals surface area contributed by atoms with Gasteiger partial charge in [0.05, 0.1) is 17.2 Å². The fraction of sp³-hybridized carbons (Fsp3) is 0.433. The number of rotatable bonds is 10. The van der Waals surface area contributed by atoms with E-state index >= 15 is 0 Å². The zero-order valence-corrected chi connectivity index (χ0v) is 24.0. The van der Waals surface area contributed by atoms with Crippen LogP contribution in [-0.2, 0) is 24.0 Å². The molecule has 5 heterocycles. The van der Waals surface area contributed by atoms with Gasteiger partial charge in [-0.2, -0.15) is 13.2 Å². The molecule has 5 rings (SSSR count). The molecule has 1 saturated heterocycles. The normalized spacial score (nSPS) is 15.3. The Morgan fingerprint density at radius 3 is 2.44 bits per heavy atom. The van der Waals surface area contributed by atoms with Gasteiger partial charge in [-0.05, 0) is 62.4 Å². The number of alkyl halides is 3. The molecule has 0 spiro atoms. The van der Waals surface area contributed by atoms with Gasteiger partial charge in [-0.3, -0.25) is 28.6 Å². The Morgan fingerprint density at radius 1 is 1.07 bits per heavy atom. The third kappa shape index (κ3) is 6.26. The number of carbonyl (C=O) groups is 1. The van der Waals surface area contributed by atoms with E-state index in [0.29, 0.717) is 67.1 Å². The minimum absolute atomic E-state index is 0.000844. The largest absolute Gasteiger partial charge is 0.433 e. The molecular formula is C30H33F3N6O4. The predicted molar refractivity (Wildman–Crippen MR) is 155 cm³/mol. The number of halogens is 3. The lowest BCUT2D eigenvalue weighted by molar-refractivity contribution is -0.141. The first-order valence-electron chi connectivity index (χ1n) is 14.4. The van der Waals surface area contributed by atoms with Crippen LogP contribution in [0.4, 0.5) is 19.0 Å². The summed E-state index contributed by atoms with van der Waals surface area (Å²) in [6.45, 7) is 5.51. The molecule has 1 aliphatic heterocycles. The second-order valence-electron chi connectivity index (χ2n) is 10.5. The Kier molecular flexibility index (Phi) is 8.81. The molecule has 1 N–H and O–H groups in total. The highest BCUT2D eigenvalue weighted by atomic mass is 19.4. The molecule has 1 fully saturated rings. The zero-order chi connectivity index (χ0) is 30.7. The van der Waals surface area contributed by atoms with Crippen LogP contribution < -0.4 is 16.1 Å². The maximum Gasteiger partial charge on any atom is 0.433 e. The van der Waals surface area contributed by atoms with Crippen molar-refractivity contribution in [3.63, 3.8) is 0 Å². The molecule has 4 aromatic heterocycles. The van der Waals surface area contributed by atoms with E-state index in [2.05, 4.69) is 15.0 Å². The van der Waals surface area contributed by atoms with Crippen LogP contribution >= 0.6 is 0 Å². The van der Waals surface area contributed by atoms with Crippen molar-refractivity contribution in [3.05, 3.63) is 74.8 Å². The number of H-pyrrole nitrogens is 1. The second-order valence-corrected chi connectivity index (χ2v) is 10.5. The zero-order valence-electron chi connectivity index (χ0n) is 24.0. The van der Waals surface area contributed by atoms with Crippen molar-refractivity contribution in [2.24, 2.45) is 0 Å². The third-order valence-corrected chi connectivity index (χ3v) is 7.48. The summed E-state index contributed by atoms with van der Waals surface area (Å²) in [7, 11) is 0. The van der Waals surface area contributed by atoms with Gasteiger partial charge in [-0.1, -0.05) is 13.8 Å². The van der Waals surface area contributed by atoms with E-state index in [0.717, 1.165) is 31.2 Å². The predicted octanol–water partition coefficient (Wildman–Crippen LogP) is 5.00. The molecule has 1 unspecified atom stereocenters. The molecule has 1 aliphatic rings. The SMILES string of the molecule is CCCn1c(=O)c2[nH]c(-c3ccc(N(CCC4CCCO4)C(=O)c4ccc(C(F)(F)F)nc4)nc3)cc2n(CCC)c1=O. The molecule has 1 amide bonds. The van der Waals surface area contributed by atoms with E-state index in [9.17, 15) is 27.6 Å². The highest BCUT2D eigenvalue weighted by molar-refractivity contribution is 6.05. The Labute approximate surface area is 245 Å². The quantitative estimate of drug-likeness (QED) is 0.275. The number of pyridine rings is 2. The first kappa shape index (κ1) is 30.2. The van der Waals surface area contributed by atoms with Crippen LogP contribution in [0.5, 0.6) is 0 Å². The van der Waals surface area contributed by atoms with Crippen LogP contribution in [0.25, 0.3) is 22.3 Å². The van der Waals surface area contributed by atoms with Crippen molar-refractivity contribution in [1.82, 2.24) is 24.1 Å². The van der Waals surface area contributed by atoms with E-state index in [1.165, 1.54) is 9.47 Å². The lowest BCUT2D eigenvalue weighted by Gasteiger charge is -2.23. The number of amides is 1. The number of hydrogen-bond acceptors (Lipinski definition) is 6. The van der Waals surface area contributed by atoms with Gasteiger partial charge in [0.15, 0.2) is 0 Å². The first-order chi connectivity index (χ1) is 20.6. The number of ether oxygens (including phenoxy) is 1. The molecule has 4 aromatic rings. The van der Waals surface area contributed by atoms with E-state index in [4.69, 9.17) is 4.74 Å². The monoisotopic (exact) mass is 598 g/mol. The Bertz CT molecular complexity index is 1700. The Morgan fingerprint density at radius 2 is 1.84 bits per heavy atom. The van der Waals surface area contributed by atoms with E-state index in [1.54, 1.807) is 29.0 Å². The van der Waals surface area contributed by atoms with E-state index in [-0.39, 0.29) is 29.5 Å². The molecule has 0 radical (unpaired) electrons. The van der Waals surface area contributed by atoms with Gasteiger partial charge >= 0.3 is 11.9 Å². The minimum atomic E-state index is -4.62. The van der Waals surface area contributed by atoms with E-state index < -0.39 is 17.8 Å². The molecule has 43 heavy (non-hydrogen) atoms. The number of carbonyl (C=O) groups excluding carboxylic acids is 1. The fourth-order valence-electron chi connectivity index (χ4n) is 5.32. The smallest absolute Gasteiger partial charge is 0.378 e. The molecule has 0 saturated carbocycles. The van der Waals surface area contributed by atoms with Crippen LogP contribution in [0, 0.1) is 0 Å². The summed E-state index contributed by atoms with van der Waals surface area (Å²) < 4.78 is 47.6. The summed E-state index contributed by atoms with van der Waals surface area (Å²) >= 11 is 0. The molecule has 228 valence electrons. The molecule has 1 atom stereocenters. The van der Waals surface area contributed by atoms with Gasteiger partial charge < -0.3 is 9.72 Å². The summed E-state index contributed by atoms with van der Waals surface area (Å²) in [5, 5.41) is 0. The number of aromatic amines is 1. The Hall–Kier alpha value is -4.26. The topological polar surface area (TPSA) is 115 Å². The third-order valence-electron chi connectivity index (χ3n) is 7.48. The number of aryl methyl sites for hydroxylation is 1. The van der Waals surface area contributed by atoms with Crippen molar-refractivity contribution in [3.8, 4) is 11.3 Å². The first-order valence-corrected chi connectivity index (χ1v) is 14.4. The van der Waals surface area contributed by atoms with Crippen molar-refractivity contribution < 1.29 is 22.7 Å². The summed E-state index contributed by atoms with van der Waals surface area (Å²) in [6.07, 6.45) is 1.49. The summed E-state index contributed by atoms with van der Waals surface area (Å²) in [6, 6.07) is 7.01. The summed E-state index contributed by atoms with van der Waals surface area (Å²) in [5.74, 6) is -0.235. The lowest BCUT2D eigenvalue weighted by atomic mass is 10.1. The lowest BCUT2D eigenvalue weighted by Crippen LogP contribution is -2.39. The van der Waals surface area contributed by atoms with Gasteiger partial charge in [0.25, 0.3) is 11.5 Å². The number of nitrogens with zero attached hydrogens (tertiary/aromatic N) is 5. The number of nitrogens with one attached hydrogen (secondary N) is 1. The van der Waals surface area contributed by atoms with Crippen molar-refractivity contribution in [2.45, 2.75) is 71.3 Å². The highest BCUT2D eigenvalue weighted by Gasteiger charge is 2.33. The van der Waals surface area contributed by atoms with Crippen LogP contribution in [0.3, 0.4) is 0 Å². The fourth-order valence-corrected chi connectivity index (χ4v) is 5.32. The number of aromatic nitrogens is 5. The van der Waals surface area contributed by atoms with Crippen molar-refractivity contribution >= 4 is 22.8 Å². The van der Waals surface area contributed by atoms with Crippen molar-refractivity contribution in [1.29, 1.82) is 0 Å². The minimum Gasteiger partial charge on any atom is -0.378 e. The maximum absolute atomic E-state index is 13.5. The molecule has 10 nitrogen and oxygen atoms in total. The molecule has 0 bridgehead atoms. The average Bonchev–Trinajstić information content (AvgIpc) is 3.68. The molecular weight excluding hydrogens is 565 g/mol. The van der Waals surface area contributed by atoms with Gasteiger partial charge in [0.1, 0.15) is 17.0 Å². The van der Waals surface area contributed by atoms with Crippen molar-refractivity contribution in [2.75, 3.05) is 18.1 Å². The van der Waals surface area contributed by atoms with Crippen LogP contribution in [0.15, 0.2) is 52.3 Å². The second kappa shape index (κ2) is 12.5. The molecule has 13 heteroatoms. The number of fused-ring (bicyclic) bond motifs is 1. The standard InChI is InChI=1S/C30H33F3N6O4/c1-3-12-37-23-16-22(36-26(23)28(41)39(13-4-2)29(37)42)19-8-10-25(35-17-19)38(14-11-21-6-5-15-43-21)27(40)20-7-9-24(34-18-20)30(31,32)33/h7-10,16-18,21,36H,3-6,11-15H2,1-2H3. The maximum atomic E-state index is 13.5. The summed E-state index contributed by atoms with van der Waals surface area (Å²) in [5.41, 5.74) is 0.212. The Balaban J connectivity index is 1.48. The number of anilines is 1. The number of hydrogen-bond donors (Lipinski definition) is 1. The molecule has 0 aromatic carbocycles. The van der Waals surface area contributed by atoms with Crippen LogP contribution in [-0.4, -0.2) is 49.2 Å². The average molecular weight is 599 g/mol. The van der Waals surface area contributed by atoms with Gasteiger partial charge in [-0.15, -0.1) is 0 Å².